The molecule has 0 radical (unpaired) electrons. The van der Waals surface area contributed by atoms with E-state index in [1.54, 1.807) is 0 Å². The van der Waals surface area contributed by atoms with Gasteiger partial charge in [-0.05, 0) is 36.8 Å². The van der Waals surface area contributed by atoms with Gasteiger partial charge in [-0.2, -0.15) is 0 Å². The van der Waals surface area contributed by atoms with Crippen molar-refractivity contribution in [3.63, 3.8) is 0 Å². The van der Waals surface area contributed by atoms with Gasteiger partial charge < -0.3 is 4.90 Å². The summed E-state index contributed by atoms with van der Waals surface area (Å²) in [5.74, 6) is 2.28. The Kier molecular flexibility index (Phi) is 3.67. The third-order valence-electron chi connectivity index (χ3n) is 4.31. The zero-order valence-electron chi connectivity index (χ0n) is 10.4. The first kappa shape index (κ1) is 12.6. The monoisotopic (exact) mass is 284 g/mol. The Morgan fingerprint density at radius 1 is 1.28 bits per heavy atom. The van der Waals surface area contributed by atoms with Gasteiger partial charge in [-0.3, -0.25) is 0 Å². The van der Waals surface area contributed by atoms with Crippen LogP contribution in [-0.2, 0) is 5.88 Å². The van der Waals surface area contributed by atoms with Gasteiger partial charge >= 0.3 is 0 Å². The van der Waals surface area contributed by atoms with E-state index in [9.17, 15) is 0 Å². The second-order valence-corrected chi connectivity index (χ2v) is 6.05. The van der Waals surface area contributed by atoms with Crippen molar-refractivity contribution in [1.29, 1.82) is 0 Å². The maximum atomic E-state index is 6.36. The Morgan fingerprint density at radius 3 is 2.89 bits per heavy atom. The van der Waals surface area contributed by atoms with Crippen molar-refractivity contribution < 1.29 is 0 Å². The number of halogens is 2. The van der Waals surface area contributed by atoms with Gasteiger partial charge in [0.15, 0.2) is 0 Å². The molecular formula is C14H18Cl2N2. The minimum Gasteiger partial charge on any atom is -0.352 e. The van der Waals surface area contributed by atoms with E-state index < -0.39 is 0 Å². The van der Waals surface area contributed by atoms with Gasteiger partial charge in [0, 0.05) is 24.7 Å². The molecule has 2 aliphatic rings. The zero-order chi connectivity index (χ0) is 12.5. The molecule has 2 atom stereocenters. The maximum absolute atomic E-state index is 6.36. The SMILES string of the molecule is ClCc1cnc(N2CCC3CCCCC32)c(Cl)c1. The molecule has 2 unspecified atom stereocenters. The minimum absolute atomic E-state index is 0.471. The van der Waals surface area contributed by atoms with Crippen molar-refractivity contribution in [2.75, 3.05) is 11.4 Å². The molecule has 1 aliphatic carbocycles. The molecule has 2 nitrogen and oxygen atoms in total. The van der Waals surface area contributed by atoms with Gasteiger partial charge in [0.2, 0.25) is 0 Å². The summed E-state index contributed by atoms with van der Waals surface area (Å²) in [5, 5.41) is 0.749. The zero-order valence-corrected chi connectivity index (χ0v) is 11.9. The highest BCUT2D eigenvalue weighted by Gasteiger charge is 2.36. The van der Waals surface area contributed by atoms with Crippen LogP contribution in [-0.4, -0.2) is 17.6 Å². The van der Waals surface area contributed by atoms with Crippen LogP contribution in [0.1, 0.15) is 37.7 Å². The lowest BCUT2D eigenvalue weighted by atomic mass is 9.85. The summed E-state index contributed by atoms with van der Waals surface area (Å²) < 4.78 is 0. The second-order valence-electron chi connectivity index (χ2n) is 5.38. The Morgan fingerprint density at radius 2 is 2.11 bits per heavy atom. The van der Waals surface area contributed by atoms with Crippen molar-refractivity contribution in [3.8, 4) is 0 Å². The van der Waals surface area contributed by atoms with Gasteiger partial charge in [0.05, 0.1) is 5.02 Å². The van der Waals surface area contributed by atoms with E-state index in [-0.39, 0.29) is 0 Å². The molecule has 1 saturated heterocycles. The fraction of sp³-hybridized carbons (Fsp3) is 0.643. The third-order valence-corrected chi connectivity index (χ3v) is 4.90. The number of anilines is 1. The van der Waals surface area contributed by atoms with Gasteiger partial charge in [0.25, 0.3) is 0 Å². The Hall–Kier alpha value is -0.470. The predicted octanol–water partition coefficient (Wildman–Crippen LogP) is 4.24. The summed E-state index contributed by atoms with van der Waals surface area (Å²) in [6.45, 7) is 1.10. The average Bonchev–Trinajstić information content (AvgIpc) is 2.82. The van der Waals surface area contributed by atoms with Crippen LogP contribution in [0.3, 0.4) is 0 Å². The van der Waals surface area contributed by atoms with Crippen LogP contribution in [0.4, 0.5) is 5.82 Å². The van der Waals surface area contributed by atoms with Crippen LogP contribution in [0, 0.1) is 5.92 Å². The molecule has 1 aliphatic heterocycles. The van der Waals surface area contributed by atoms with Crippen LogP contribution in [0.25, 0.3) is 0 Å². The van der Waals surface area contributed by atoms with Gasteiger partial charge in [-0.25, -0.2) is 4.98 Å². The number of alkyl halides is 1. The highest BCUT2D eigenvalue weighted by Crippen LogP contribution is 2.40. The van der Waals surface area contributed by atoms with Crippen LogP contribution in [0.2, 0.25) is 5.02 Å². The first-order chi connectivity index (χ1) is 8.79. The molecule has 0 N–H and O–H groups in total. The minimum atomic E-state index is 0.471. The lowest BCUT2D eigenvalue weighted by Gasteiger charge is -2.32. The molecule has 1 saturated carbocycles. The molecule has 4 heteroatoms. The third kappa shape index (κ3) is 2.21. The number of hydrogen-bond donors (Lipinski definition) is 0. The molecule has 98 valence electrons. The lowest BCUT2D eigenvalue weighted by molar-refractivity contribution is 0.341. The standard InChI is InChI=1S/C14H18Cl2N2/c15-8-10-7-12(16)14(17-9-10)18-6-5-11-3-1-2-4-13(11)18/h7,9,11,13H,1-6,8H2. The summed E-state index contributed by atoms with van der Waals surface area (Å²) in [6, 6.07) is 2.61. The summed E-state index contributed by atoms with van der Waals surface area (Å²) in [7, 11) is 0. The maximum Gasteiger partial charge on any atom is 0.147 e. The highest BCUT2D eigenvalue weighted by atomic mass is 35.5. The topological polar surface area (TPSA) is 16.1 Å². The van der Waals surface area contributed by atoms with Crippen LogP contribution in [0.5, 0.6) is 0 Å². The molecule has 18 heavy (non-hydrogen) atoms. The predicted molar refractivity (Wildman–Crippen MR) is 76.5 cm³/mol. The summed E-state index contributed by atoms with van der Waals surface area (Å²) in [4.78, 5) is 6.95. The molecule has 3 rings (SSSR count). The Bertz CT molecular complexity index is 436. The van der Waals surface area contributed by atoms with E-state index in [0.29, 0.717) is 11.9 Å². The van der Waals surface area contributed by atoms with Crippen molar-refractivity contribution in [1.82, 2.24) is 4.98 Å². The second kappa shape index (κ2) is 5.26. The smallest absolute Gasteiger partial charge is 0.147 e. The van der Waals surface area contributed by atoms with Gasteiger partial charge in [-0.1, -0.05) is 24.4 Å². The van der Waals surface area contributed by atoms with Crippen molar-refractivity contribution in [3.05, 3.63) is 22.8 Å². The van der Waals surface area contributed by atoms with Crippen molar-refractivity contribution >= 4 is 29.0 Å². The molecule has 1 aromatic heterocycles. The van der Waals surface area contributed by atoms with Crippen molar-refractivity contribution in [2.45, 2.75) is 44.0 Å². The van der Waals surface area contributed by atoms with Crippen molar-refractivity contribution in [2.24, 2.45) is 5.92 Å². The summed E-state index contributed by atoms with van der Waals surface area (Å²) in [6.07, 6.45) is 8.54. The molecule has 2 heterocycles. The molecule has 0 spiro atoms. The van der Waals surface area contributed by atoms with E-state index in [1.165, 1.54) is 32.1 Å². The highest BCUT2D eigenvalue weighted by molar-refractivity contribution is 6.33. The van der Waals surface area contributed by atoms with Crippen LogP contribution >= 0.6 is 23.2 Å². The number of pyridine rings is 1. The largest absolute Gasteiger partial charge is 0.352 e. The quantitative estimate of drug-likeness (QED) is 0.755. The van der Waals surface area contributed by atoms with E-state index in [1.807, 2.05) is 12.3 Å². The lowest BCUT2D eigenvalue weighted by Crippen LogP contribution is -2.35. The van der Waals surface area contributed by atoms with Crippen LogP contribution < -0.4 is 4.90 Å². The van der Waals surface area contributed by atoms with E-state index >= 15 is 0 Å². The average molecular weight is 285 g/mol. The normalized spacial score (nSPS) is 27.3. The number of hydrogen-bond acceptors (Lipinski definition) is 2. The molecule has 0 aromatic carbocycles. The number of nitrogens with zero attached hydrogens (tertiary/aromatic N) is 2. The van der Waals surface area contributed by atoms with E-state index in [0.717, 1.165) is 28.9 Å². The molecule has 1 aromatic rings. The van der Waals surface area contributed by atoms with Crippen LogP contribution in [0.15, 0.2) is 12.3 Å². The first-order valence-corrected chi connectivity index (χ1v) is 7.68. The first-order valence-electron chi connectivity index (χ1n) is 6.76. The van der Waals surface area contributed by atoms with Gasteiger partial charge in [0.1, 0.15) is 5.82 Å². The molecular weight excluding hydrogens is 267 g/mol. The number of aromatic nitrogens is 1. The Balaban J connectivity index is 1.86. The Labute approximate surface area is 118 Å². The number of rotatable bonds is 2. The molecule has 0 amide bonds. The summed E-state index contributed by atoms with van der Waals surface area (Å²) >= 11 is 12.2. The summed E-state index contributed by atoms with van der Waals surface area (Å²) in [5.41, 5.74) is 0.991. The number of fused-ring (bicyclic) bond motifs is 1. The van der Waals surface area contributed by atoms with E-state index in [4.69, 9.17) is 23.2 Å². The molecule has 0 bridgehead atoms. The van der Waals surface area contributed by atoms with Gasteiger partial charge in [-0.15, -0.1) is 11.6 Å². The van der Waals surface area contributed by atoms with E-state index in [2.05, 4.69) is 9.88 Å². The molecule has 2 fully saturated rings. The fourth-order valence-corrected chi connectivity index (χ4v) is 3.87. The fourth-order valence-electron chi connectivity index (χ4n) is 3.42.